The molecule has 10 heteroatoms. The highest BCUT2D eigenvalue weighted by molar-refractivity contribution is 7.07. The third-order valence-electron chi connectivity index (χ3n) is 7.59. The minimum absolute atomic E-state index is 0.0462. The lowest BCUT2D eigenvalue weighted by molar-refractivity contribution is -0.143. The molecule has 1 aliphatic heterocycles. The van der Waals surface area contributed by atoms with E-state index in [9.17, 15) is 14.4 Å². The average molecular weight is 636 g/mol. The van der Waals surface area contributed by atoms with Crippen molar-refractivity contribution in [1.82, 2.24) is 9.13 Å². The topological polar surface area (TPSA) is 101 Å². The Hall–Kier alpha value is -5.22. The van der Waals surface area contributed by atoms with Crippen LogP contribution < -0.4 is 19.6 Å². The van der Waals surface area contributed by atoms with Gasteiger partial charge < -0.3 is 18.8 Å². The fourth-order valence-electron chi connectivity index (χ4n) is 5.68. The van der Waals surface area contributed by atoms with Crippen molar-refractivity contribution in [2.75, 3.05) is 19.8 Å². The Morgan fingerprint density at radius 2 is 1.61 bits per heavy atom. The molecule has 0 spiro atoms. The molecule has 234 valence electrons. The van der Waals surface area contributed by atoms with Gasteiger partial charge in [0, 0.05) is 28.2 Å². The van der Waals surface area contributed by atoms with E-state index in [4.69, 9.17) is 19.2 Å². The first-order valence-corrected chi connectivity index (χ1v) is 16.0. The number of nitrogens with zero attached hydrogens (tertiary/aromatic N) is 3. The molecule has 1 aliphatic rings. The lowest BCUT2D eigenvalue weighted by Gasteiger charge is -2.26. The van der Waals surface area contributed by atoms with E-state index in [2.05, 4.69) is 0 Å². The van der Waals surface area contributed by atoms with Crippen LogP contribution in [0, 0.1) is 0 Å². The summed E-state index contributed by atoms with van der Waals surface area (Å²) in [5, 5.41) is 0.887. The summed E-state index contributed by atoms with van der Waals surface area (Å²) in [4.78, 5) is 45.8. The highest BCUT2D eigenvalue weighted by Crippen LogP contribution is 2.35. The van der Waals surface area contributed by atoms with E-state index in [1.165, 1.54) is 11.3 Å². The molecule has 0 unspecified atom stereocenters. The highest BCUT2D eigenvalue weighted by atomic mass is 32.1. The number of para-hydroxylation sites is 1. The summed E-state index contributed by atoms with van der Waals surface area (Å²) in [6.07, 6.45) is 3.67. The van der Waals surface area contributed by atoms with Gasteiger partial charge in [-0.3, -0.25) is 14.2 Å². The molecule has 0 fully saturated rings. The second kappa shape index (κ2) is 13.4. The maximum Gasteiger partial charge on any atom is 0.338 e. The van der Waals surface area contributed by atoms with Gasteiger partial charge in [-0.25, -0.2) is 9.79 Å². The first-order chi connectivity index (χ1) is 22.4. The van der Waals surface area contributed by atoms with Crippen LogP contribution in [0.4, 0.5) is 0 Å². The average Bonchev–Trinajstić information content (AvgIpc) is 3.57. The van der Waals surface area contributed by atoms with Crippen molar-refractivity contribution in [3.8, 4) is 5.75 Å². The predicted octanol–water partition coefficient (Wildman–Crippen LogP) is 4.85. The van der Waals surface area contributed by atoms with Crippen LogP contribution in [-0.4, -0.2) is 40.9 Å². The van der Waals surface area contributed by atoms with Crippen molar-refractivity contribution in [2.45, 2.75) is 33.4 Å². The quantitative estimate of drug-likeness (QED) is 0.204. The molecule has 46 heavy (non-hydrogen) atoms. The monoisotopic (exact) mass is 635 g/mol. The minimum atomic E-state index is -0.798. The molecule has 0 bridgehead atoms. The molecule has 6 rings (SSSR count). The van der Waals surface area contributed by atoms with Gasteiger partial charge in [0.15, 0.2) is 4.80 Å². The number of esters is 2. The van der Waals surface area contributed by atoms with Crippen LogP contribution in [0.15, 0.2) is 100 Å². The van der Waals surface area contributed by atoms with E-state index >= 15 is 0 Å². The number of benzene rings is 3. The van der Waals surface area contributed by atoms with E-state index in [0.29, 0.717) is 39.6 Å². The zero-order valence-electron chi connectivity index (χ0n) is 25.8. The summed E-state index contributed by atoms with van der Waals surface area (Å²) < 4.78 is 20.2. The van der Waals surface area contributed by atoms with Crippen LogP contribution in [-0.2, 0) is 25.6 Å². The van der Waals surface area contributed by atoms with Crippen molar-refractivity contribution < 1.29 is 23.8 Å². The van der Waals surface area contributed by atoms with E-state index < -0.39 is 12.0 Å². The largest absolute Gasteiger partial charge is 0.494 e. The van der Waals surface area contributed by atoms with E-state index in [1.54, 1.807) is 18.4 Å². The van der Waals surface area contributed by atoms with Gasteiger partial charge in [-0.2, -0.15) is 0 Å². The van der Waals surface area contributed by atoms with Gasteiger partial charge in [-0.05, 0) is 50.6 Å². The molecule has 0 saturated carbocycles. The summed E-state index contributed by atoms with van der Waals surface area (Å²) in [6.45, 7) is 6.45. The van der Waals surface area contributed by atoms with Gasteiger partial charge in [-0.1, -0.05) is 72.0 Å². The number of hydrogen-bond donors (Lipinski definition) is 0. The fraction of sp³-hybridized carbons (Fsp3) is 0.222. The van der Waals surface area contributed by atoms with E-state index in [0.717, 1.165) is 22.0 Å². The van der Waals surface area contributed by atoms with Crippen LogP contribution >= 0.6 is 11.3 Å². The number of rotatable bonds is 10. The number of thiazole rings is 1. The Bertz CT molecular complexity index is 2120. The summed E-state index contributed by atoms with van der Waals surface area (Å²) >= 11 is 1.25. The third-order valence-corrected chi connectivity index (χ3v) is 8.57. The van der Waals surface area contributed by atoms with E-state index in [1.807, 2.05) is 103 Å². The molecule has 0 radical (unpaired) electrons. The molecular weight excluding hydrogens is 602 g/mol. The molecule has 0 amide bonds. The van der Waals surface area contributed by atoms with Crippen molar-refractivity contribution >= 4 is 46.0 Å². The number of aromatic nitrogens is 2. The van der Waals surface area contributed by atoms with Crippen molar-refractivity contribution in [1.29, 1.82) is 0 Å². The number of hydrogen-bond acceptors (Lipinski definition) is 8. The normalized spacial score (nSPS) is 14.6. The molecule has 0 N–H and O–H groups in total. The van der Waals surface area contributed by atoms with Gasteiger partial charge in [0.2, 0.25) is 0 Å². The highest BCUT2D eigenvalue weighted by Gasteiger charge is 2.35. The molecule has 9 nitrogen and oxygen atoms in total. The summed E-state index contributed by atoms with van der Waals surface area (Å²) in [5.41, 5.74) is 3.51. The second-order valence-corrected chi connectivity index (χ2v) is 11.5. The Kier molecular flexibility index (Phi) is 8.98. The van der Waals surface area contributed by atoms with Gasteiger partial charge in [0.1, 0.15) is 12.3 Å². The molecule has 2 aromatic heterocycles. The third kappa shape index (κ3) is 5.91. The standard InChI is InChI=1S/C36H33N3O6S/c1-4-43-26-18-16-24(17-19-26)33-31(35(42)45-6-3)32(23-12-8-7-9-13-23)37-36-39(33)34(41)29(46-36)20-25-21-38(22-30(40)44-5-2)28-15-11-10-14-27(25)28/h7-21,33H,4-6,22H2,1-3H3/b29-20-/t33-/m0/s1. The smallest absolute Gasteiger partial charge is 0.338 e. The van der Waals surface area contributed by atoms with Crippen LogP contribution in [0.1, 0.15) is 43.5 Å². The number of fused-ring (bicyclic) bond motifs is 2. The first-order valence-electron chi connectivity index (χ1n) is 15.2. The molecule has 0 aliphatic carbocycles. The Morgan fingerprint density at radius 1 is 0.891 bits per heavy atom. The van der Waals surface area contributed by atoms with Crippen LogP contribution in [0.2, 0.25) is 0 Å². The van der Waals surface area contributed by atoms with Gasteiger partial charge >= 0.3 is 11.9 Å². The second-order valence-electron chi connectivity index (χ2n) is 10.5. The Balaban J connectivity index is 1.58. The van der Waals surface area contributed by atoms with Crippen LogP contribution in [0.25, 0.3) is 22.7 Å². The SMILES string of the molecule is CCOC(=O)Cn1cc(/C=c2\sc3n(c2=O)[C@@H](c2ccc(OCC)cc2)C(C(=O)OCC)=C(c2ccccc2)N=3)c2ccccc21. The predicted molar refractivity (Wildman–Crippen MR) is 177 cm³/mol. The van der Waals surface area contributed by atoms with Crippen molar-refractivity contribution in [2.24, 2.45) is 4.99 Å². The zero-order chi connectivity index (χ0) is 32.2. The maximum atomic E-state index is 14.3. The molecule has 0 saturated heterocycles. The van der Waals surface area contributed by atoms with Gasteiger partial charge in [-0.15, -0.1) is 0 Å². The fourth-order valence-corrected chi connectivity index (χ4v) is 6.67. The molecular formula is C36H33N3O6S. The number of ether oxygens (including phenoxy) is 3. The zero-order valence-corrected chi connectivity index (χ0v) is 26.6. The van der Waals surface area contributed by atoms with Crippen molar-refractivity contribution in [3.63, 3.8) is 0 Å². The van der Waals surface area contributed by atoms with Gasteiger partial charge in [0.05, 0.1) is 41.7 Å². The Morgan fingerprint density at radius 3 is 2.33 bits per heavy atom. The first kappa shape index (κ1) is 30.8. The number of carbonyl (C=O) groups excluding carboxylic acids is 2. The molecule has 3 heterocycles. The molecule has 3 aromatic carbocycles. The summed E-state index contributed by atoms with van der Waals surface area (Å²) in [6, 6.07) is 23.7. The van der Waals surface area contributed by atoms with Gasteiger partial charge in [0.25, 0.3) is 5.56 Å². The van der Waals surface area contributed by atoms with Crippen LogP contribution in [0.3, 0.4) is 0 Å². The molecule has 5 aromatic rings. The lowest BCUT2D eigenvalue weighted by atomic mass is 9.93. The minimum Gasteiger partial charge on any atom is -0.494 e. The summed E-state index contributed by atoms with van der Waals surface area (Å²) in [5.74, 6) is -0.201. The Labute approximate surface area is 269 Å². The number of carbonyl (C=O) groups is 2. The summed E-state index contributed by atoms with van der Waals surface area (Å²) in [7, 11) is 0. The maximum absolute atomic E-state index is 14.3. The van der Waals surface area contributed by atoms with Crippen molar-refractivity contribution in [3.05, 3.63) is 127 Å². The molecule has 1 atom stereocenters. The van der Waals surface area contributed by atoms with Crippen LogP contribution in [0.5, 0.6) is 5.75 Å². The van der Waals surface area contributed by atoms with E-state index in [-0.39, 0.29) is 30.3 Å². The lowest BCUT2D eigenvalue weighted by Crippen LogP contribution is -2.40.